The smallest absolute Gasteiger partial charge is 0.253 e. The van der Waals surface area contributed by atoms with Gasteiger partial charge in [0.25, 0.3) is 5.91 Å². The van der Waals surface area contributed by atoms with Gasteiger partial charge in [-0.3, -0.25) is 4.79 Å². The highest BCUT2D eigenvalue weighted by molar-refractivity contribution is 5.94. The summed E-state index contributed by atoms with van der Waals surface area (Å²) in [6.07, 6.45) is 3.30. The lowest BCUT2D eigenvalue weighted by atomic mass is 9.90. The van der Waals surface area contributed by atoms with Crippen LogP contribution < -0.4 is 14.2 Å². The van der Waals surface area contributed by atoms with Crippen LogP contribution in [0.1, 0.15) is 41.7 Å². The predicted octanol–water partition coefficient (Wildman–Crippen LogP) is 4.07. The summed E-state index contributed by atoms with van der Waals surface area (Å²) >= 11 is 0. The van der Waals surface area contributed by atoms with Gasteiger partial charge in [0.2, 0.25) is 0 Å². The molecule has 1 saturated heterocycles. The molecular formula is C24H27N3O4. The number of methoxy groups -OCH3 is 2. The summed E-state index contributed by atoms with van der Waals surface area (Å²) in [6.45, 7) is 3.93. The third-order valence-electron chi connectivity index (χ3n) is 5.75. The first-order valence-corrected chi connectivity index (χ1v) is 10.5. The van der Waals surface area contributed by atoms with Crippen molar-refractivity contribution >= 4 is 16.8 Å². The van der Waals surface area contributed by atoms with E-state index in [2.05, 4.69) is 9.97 Å². The Balaban J connectivity index is 1.49. The van der Waals surface area contributed by atoms with Crippen LogP contribution in [0.25, 0.3) is 10.9 Å². The van der Waals surface area contributed by atoms with Crippen LogP contribution in [0.3, 0.4) is 0 Å². The first-order chi connectivity index (χ1) is 15.1. The Morgan fingerprint density at radius 1 is 1.03 bits per heavy atom. The molecule has 0 atom stereocenters. The van der Waals surface area contributed by atoms with E-state index in [4.69, 9.17) is 14.2 Å². The molecule has 162 valence electrons. The highest BCUT2D eigenvalue weighted by atomic mass is 16.5. The third kappa shape index (κ3) is 4.26. The molecule has 2 aromatic carbocycles. The lowest BCUT2D eigenvalue weighted by molar-refractivity contribution is 0.0712. The Hall–Kier alpha value is -3.35. The van der Waals surface area contributed by atoms with Gasteiger partial charge in [-0.2, -0.15) is 0 Å². The maximum atomic E-state index is 12.9. The molecule has 7 nitrogen and oxygen atoms in total. The summed E-state index contributed by atoms with van der Waals surface area (Å²) in [4.78, 5) is 23.8. The monoisotopic (exact) mass is 421 g/mol. The molecule has 0 radical (unpaired) electrons. The van der Waals surface area contributed by atoms with Crippen LogP contribution in [-0.4, -0.2) is 54.7 Å². The van der Waals surface area contributed by atoms with Gasteiger partial charge in [0.1, 0.15) is 12.1 Å². The van der Waals surface area contributed by atoms with E-state index in [0.717, 1.165) is 35.2 Å². The highest BCUT2D eigenvalue weighted by Crippen LogP contribution is 2.36. The first kappa shape index (κ1) is 20.9. The number of aromatic nitrogens is 2. The summed E-state index contributed by atoms with van der Waals surface area (Å²) in [5.74, 6) is 2.40. The molecule has 1 aliphatic rings. The maximum absolute atomic E-state index is 12.9. The second kappa shape index (κ2) is 9.20. The maximum Gasteiger partial charge on any atom is 0.253 e. The van der Waals surface area contributed by atoms with Crippen molar-refractivity contribution in [2.75, 3.05) is 33.9 Å². The van der Waals surface area contributed by atoms with Crippen LogP contribution >= 0.6 is 0 Å². The minimum Gasteiger partial charge on any atom is -0.494 e. The van der Waals surface area contributed by atoms with Crippen LogP contribution in [-0.2, 0) is 0 Å². The fourth-order valence-electron chi connectivity index (χ4n) is 4.13. The Kier molecular flexibility index (Phi) is 6.21. The molecule has 1 amide bonds. The quantitative estimate of drug-likeness (QED) is 0.597. The van der Waals surface area contributed by atoms with Crippen LogP contribution in [0.5, 0.6) is 17.2 Å². The summed E-state index contributed by atoms with van der Waals surface area (Å²) in [5.41, 5.74) is 2.51. The van der Waals surface area contributed by atoms with Gasteiger partial charge in [-0.15, -0.1) is 0 Å². The number of ether oxygens (including phenoxy) is 3. The normalized spacial score (nSPS) is 14.5. The molecule has 3 aromatic rings. The fraction of sp³-hybridized carbons (Fsp3) is 0.375. The summed E-state index contributed by atoms with van der Waals surface area (Å²) in [7, 11) is 3.24. The van der Waals surface area contributed by atoms with Gasteiger partial charge in [-0.05, 0) is 50.1 Å². The van der Waals surface area contributed by atoms with Crippen molar-refractivity contribution < 1.29 is 19.0 Å². The van der Waals surface area contributed by atoms with Gasteiger partial charge in [0.05, 0.1) is 32.0 Å². The minimum absolute atomic E-state index is 0.0560. The molecule has 1 aromatic heterocycles. The largest absolute Gasteiger partial charge is 0.494 e. The van der Waals surface area contributed by atoms with E-state index in [1.807, 2.05) is 48.2 Å². The lowest BCUT2D eigenvalue weighted by Gasteiger charge is -2.32. The zero-order valence-corrected chi connectivity index (χ0v) is 18.1. The average molecular weight is 421 g/mol. The number of carbonyl (C=O) groups is 1. The van der Waals surface area contributed by atoms with E-state index in [1.54, 1.807) is 20.5 Å². The topological polar surface area (TPSA) is 73.8 Å². The average Bonchev–Trinajstić information content (AvgIpc) is 2.83. The van der Waals surface area contributed by atoms with Crippen molar-refractivity contribution in [1.82, 2.24) is 14.9 Å². The van der Waals surface area contributed by atoms with E-state index in [0.29, 0.717) is 36.8 Å². The number of amides is 1. The first-order valence-electron chi connectivity index (χ1n) is 10.5. The number of piperidine rings is 1. The number of hydrogen-bond acceptors (Lipinski definition) is 6. The summed E-state index contributed by atoms with van der Waals surface area (Å²) in [6, 6.07) is 11.2. The Labute approximate surface area is 182 Å². The summed E-state index contributed by atoms with van der Waals surface area (Å²) < 4.78 is 16.3. The lowest BCUT2D eigenvalue weighted by Crippen LogP contribution is -2.38. The zero-order valence-electron chi connectivity index (χ0n) is 18.1. The molecule has 1 fully saturated rings. The van der Waals surface area contributed by atoms with E-state index >= 15 is 0 Å². The number of likely N-dealkylation sites (tertiary alicyclic amines) is 1. The van der Waals surface area contributed by atoms with Gasteiger partial charge in [-0.1, -0.05) is 0 Å². The fourth-order valence-corrected chi connectivity index (χ4v) is 4.13. The molecule has 0 bridgehead atoms. The van der Waals surface area contributed by atoms with Crippen molar-refractivity contribution in [3.63, 3.8) is 0 Å². The number of fused-ring (bicyclic) bond motifs is 1. The molecular weight excluding hydrogens is 394 g/mol. The second-order valence-electron chi connectivity index (χ2n) is 7.51. The molecule has 2 heterocycles. The van der Waals surface area contributed by atoms with E-state index < -0.39 is 0 Å². The van der Waals surface area contributed by atoms with E-state index in [-0.39, 0.29) is 11.8 Å². The van der Waals surface area contributed by atoms with Crippen molar-refractivity contribution in [2.24, 2.45) is 0 Å². The van der Waals surface area contributed by atoms with Gasteiger partial charge >= 0.3 is 0 Å². The van der Waals surface area contributed by atoms with E-state index in [1.165, 1.54) is 0 Å². The molecule has 1 aliphatic heterocycles. The molecule has 0 unspecified atom stereocenters. The standard InChI is InChI=1S/C24H27N3O4/c1-4-31-18-7-5-17(6-8-18)24(28)27-11-9-16(10-12-27)23-19-13-21(29-2)22(30-3)14-20(19)25-15-26-23/h5-8,13-16H,4,9-12H2,1-3H3. The minimum atomic E-state index is 0.0560. The Bertz CT molecular complexity index is 1060. The number of carbonyl (C=O) groups excluding carboxylic acids is 1. The van der Waals surface area contributed by atoms with Crippen molar-refractivity contribution in [3.05, 3.63) is 54.0 Å². The van der Waals surface area contributed by atoms with Crippen LogP contribution in [0.15, 0.2) is 42.7 Å². The molecule has 0 aliphatic carbocycles. The number of rotatable bonds is 6. The molecule has 4 rings (SSSR count). The number of nitrogens with zero attached hydrogens (tertiary/aromatic N) is 3. The van der Waals surface area contributed by atoms with Gasteiger partial charge in [0, 0.05) is 36.0 Å². The Morgan fingerprint density at radius 3 is 2.35 bits per heavy atom. The molecule has 0 spiro atoms. The van der Waals surface area contributed by atoms with Crippen LogP contribution in [0.2, 0.25) is 0 Å². The predicted molar refractivity (Wildman–Crippen MR) is 118 cm³/mol. The van der Waals surface area contributed by atoms with E-state index in [9.17, 15) is 4.79 Å². The summed E-state index contributed by atoms with van der Waals surface area (Å²) in [5, 5.41) is 0.969. The van der Waals surface area contributed by atoms with Crippen molar-refractivity contribution in [3.8, 4) is 17.2 Å². The SMILES string of the molecule is CCOc1ccc(C(=O)N2CCC(c3ncnc4cc(OC)c(OC)cc34)CC2)cc1. The molecule has 0 N–H and O–H groups in total. The zero-order chi connectivity index (χ0) is 21.8. The van der Waals surface area contributed by atoms with Crippen molar-refractivity contribution in [2.45, 2.75) is 25.7 Å². The van der Waals surface area contributed by atoms with Gasteiger partial charge in [0.15, 0.2) is 11.5 Å². The number of hydrogen-bond donors (Lipinski definition) is 0. The Morgan fingerprint density at radius 2 is 1.71 bits per heavy atom. The van der Waals surface area contributed by atoms with Crippen molar-refractivity contribution in [1.29, 1.82) is 0 Å². The highest BCUT2D eigenvalue weighted by Gasteiger charge is 2.27. The van der Waals surface area contributed by atoms with Crippen LogP contribution in [0.4, 0.5) is 0 Å². The second-order valence-corrected chi connectivity index (χ2v) is 7.51. The third-order valence-corrected chi connectivity index (χ3v) is 5.75. The van der Waals surface area contributed by atoms with Gasteiger partial charge in [-0.25, -0.2) is 9.97 Å². The van der Waals surface area contributed by atoms with Crippen LogP contribution in [0, 0.1) is 0 Å². The number of benzene rings is 2. The molecule has 7 heteroatoms. The molecule has 0 saturated carbocycles. The molecule has 31 heavy (non-hydrogen) atoms. The van der Waals surface area contributed by atoms with Gasteiger partial charge < -0.3 is 19.1 Å².